The van der Waals surface area contributed by atoms with Crippen LogP contribution in [-0.2, 0) is 11.2 Å². The molecule has 2 heterocycles. The van der Waals surface area contributed by atoms with Crippen molar-refractivity contribution in [1.82, 2.24) is 20.4 Å². The van der Waals surface area contributed by atoms with Crippen LogP contribution in [0.15, 0.2) is 39.6 Å². The first kappa shape index (κ1) is 15.4. The summed E-state index contributed by atoms with van der Waals surface area (Å²) in [6, 6.07) is 8.98. The van der Waals surface area contributed by atoms with Crippen LogP contribution in [0.3, 0.4) is 0 Å². The molecule has 1 amide bonds. The highest BCUT2D eigenvalue weighted by atomic mass is 16.5. The van der Waals surface area contributed by atoms with Crippen molar-refractivity contribution in [2.45, 2.75) is 31.2 Å². The first-order valence-electron chi connectivity index (χ1n) is 8.08. The summed E-state index contributed by atoms with van der Waals surface area (Å²) in [5, 5.41) is 7.81. The predicted octanol–water partition coefficient (Wildman–Crippen LogP) is 1.10. The SMILES string of the molecule is Nc1nc(C2CC(NC(=O)Cc3noc4ccccc34)C2)cc(=O)[nH]1. The normalized spacial score (nSPS) is 19.5. The second kappa shape index (κ2) is 6.04. The molecule has 4 rings (SSSR count). The van der Waals surface area contributed by atoms with Gasteiger partial charge in [-0.1, -0.05) is 17.3 Å². The fourth-order valence-electron chi connectivity index (χ4n) is 3.18. The van der Waals surface area contributed by atoms with Crippen LogP contribution in [0, 0.1) is 0 Å². The lowest BCUT2D eigenvalue weighted by molar-refractivity contribution is -0.121. The Balaban J connectivity index is 1.35. The van der Waals surface area contributed by atoms with E-state index >= 15 is 0 Å². The van der Waals surface area contributed by atoms with Crippen molar-refractivity contribution in [1.29, 1.82) is 0 Å². The summed E-state index contributed by atoms with van der Waals surface area (Å²) in [6.07, 6.45) is 1.65. The zero-order valence-electron chi connectivity index (χ0n) is 13.4. The average Bonchev–Trinajstić information content (AvgIpc) is 2.93. The quantitative estimate of drug-likeness (QED) is 0.653. The summed E-state index contributed by atoms with van der Waals surface area (Å²) in [6.45, 7) is 0. The fourth-order valence-corrected chi connectivity index (χ4v) is 3.18. The van der Waals surface area contributed by atoms with E-state index in [0.717, 1.165) is 18.2 Å². The molecule has 128 valence electrons. The highest BCUT2D eigenvalue weighted by Crippen LogP contribution is 2.35. The first-order valence-corrected chi connectivity index (χ1v) is 8.08. The Bertz CT molecular complexity index is 987. The summed E-state index contributed by atoms with van der Waals surface area (Å²) >= 11 is 0. The van der Waals surface area contributed by atoms with Crippen LogP contribution in [0.1, 0.15) is 30.1 Å². The standard InChI is InChI=1S/C17H17N5O3/c18-17-20-12(7-16(24)21-17)9-5-10(6-9)19-15(23)8-13-11-3-1-2-4-14(11)25-22-13/h1-4,7,9-10H,5-6,8H2,(H,19,23)(H3,18,20,21,24). The lowest BCUT2D eigenvalue weighted by Crippen LogP contribution is -2.44. The van der Waals surface area contributed by atoms with Crippen molar-refractivity contribution in [2.75, 3.05) is 5.73 Å². The molecule has 1 aliphatic rings. The molecule has 1 fully saturated rings. The van der Waals surface area contributed by atoms with E-state index in [9.17, 15) is 9.59 Å². The van der Waals surface area contributed by atoms with Gasteiger partial charge in [-0.2, -0.15) is 0 Å². The van der Waals surface area contributed by atoms with E-state index in [4.69, 9.17) is 10.3 Å². The lowest BCUT2D eigenvalue weighted by atomic mass is 9.78. The van der Waals surface area contributed by atoms with E-state index in [1.165, 1.54) is 6.07 Å². The Kier molecular flexibility index (Phi) is 3.72. The van der Waals surface area contributed by atoms with E-state index in [-0.39, 0.29) is 35.8 Å². The maximum atomic E-state index is 12.2. The topological polar surface area (TPSA) is 127 Å². The average molecular weight is 339 g/mol. The Hall–Kier alpha value is -3.16. The number of rotatable bonds is 4. The third kappa shape index (κ3) is 3.10. The molecule has 1 aliphatic carbocycles. The number of carbonyl (C=O) groups excluding carboxylic acids is 1. The van der Waals surface area contributed by atoms with Gasteiger partial charge in [-0.05, 0) is 25.0 Å². The van der Waals surface area contributed by atoms with Crippen molar-refractivity contribution in [3.05, 3.63) is 52.1 Å². The maximum Gasteiger partial charge on any atom is 0.252 e. The van der Waals surface area contributed by atoms with Gasteiger partial charge in [-0.25, -0.2) is 4.98 Å². The van der Waals surface area contributed by atoms with Gasteiger partial charge >= 0.3 is 0 Å². The largest absolute Gasteiger partial charge is 0.369 e. The minimum absolute atomic E-state index is 0.0676. The van der Waals surface area contributed by atoms with E-state index in [2.05, 4.69) is 20.4 Å². The smallest absolute Gasteiger partial charge is 0.252 e. The highest BCUT2D eigenvalue weighted by molar-refractivity contribution is 5.86. The van der Waals surface area contributed by atoms with Crippen LogP contribution < -0.4 is 16.6 Å². The van der Waals surface area contributed by atoms with Crippen LogP contribution in [-0.4, -0.2) is 27.1 Å². The highest BCUT2D eigenvalue weighted by Gasteiger charge is 2.33. The fraction of sp³-hybridized carbons (Fsp3) is 0.294. The van der Waals surface area contributed by atoms with Crippen LogP contribution in [0.4, 0.5) is 5.95 Å². The molecule has 1 saturated carbocycles. The number of fused-ring (bicyclic) bond motifs is 1. The minimum Gasteiger partial charge on any atom is -0.369 e. The Morgan fingerprint density at radius 1 is 1.36 bits per heavy atom. The number of nitrogen functional groups attached to an aromatic ring is 1. The minimum atomic E-state index is -0.257. The van der Waals surface area contributed by atoms with Crippen LogP contribution in [0.25, 0.3) is 11.0 Å². The van der Waals surface area contributed by atoms with Crippen LogP contribution in [0.5, 0.6) is 0 Å². The summed E-state index contributed by atoms with van der Waals surface area (Å²) in [7, 11) is 0. The second-order valence-electron chi connectivity index (χ2n) is 6.29. The van der Waals surface area contributed by atoms with Crippen molar-refractivity contribution in [2.24, 2.45) is 0 Å². The number of aromatic amines is 1. The monoisotopic (exact) mass is 339 g/mol. The zero-order chi connectivity index (χ0) is 17.4. The molecule has 0 radical (unpaired) electrons. The van der Waals surface area contributed by atoms with Gasteiger partial charge in [-0.3, -0.25) is 14.6 Å². The number of hydrogen-bond donors (Lipinski definition) is 3. The molecule has 0 unspecified atom stereocenters. The molecule has 1 aromatic carbocycles. The van der Waals surface area contributed by atoms with Gasteiger partial charge in [0.2, 0.25) is 11.9 Å². The van der Waals surface area contributed by atoms with Crippen molar-refractivity contribution < 1.29 is 9.32 Å². The summed E-state index contributed by atoms with van der Waals surface area (Å²) in [4.78, 5) is 30.2. The van der Waals surface area contributed by atoms with Crippen molar-refractivity contribution >= 4 is 22.8 Å². The molecule has 0 spiro atoms. The number of nitrogens with one attached hydrogen (secondary N) is 2. The molecule has 0 aliphatic heterocycles. The van der Waals surface area contributed by atoms with Crippen molar-refractivity contribution in [3.63, 3.8) is 0 Å². The van der Waals surface area contributed by atoms with Gasteiger partial charge in [0.25, 0.3) is 5.56 Å². The molecule has 25 heavy (non-hydrogen) atoms. The van der Waals surface area contributed by atoms with Gasteiger partial charge < -0.3 is 15.6 Å². The van der Waals surface area contributed by atoms with Gasteiger partial charge in [-0.15, -0.1) is 0 Å². The van der Waals surface area contributed by atoms with Crippen molar-refractivity contribution in [3.8, 4) is 0 Å². The number of amides is 1. The number of nitrogens with two attached hydrogens (primary N) is 1. The first-order chi connectivity index (χ1) is 12.1. The van der Waals surface area contributed by atoms with E-state index in [1.54, 1.807) is 0 Å². The Labute approximate surface area is 142 Å². The van der Waals surface area contributed by atoms with E-state index in [0.29, 0.717) is 17.0 Å². The molecular weight excluding hydrogens is 322 g/mol. The maximum absolute atomic E-state index is 12.2. The number of para-hydroxylation sites is 1. The summed E-state index contributed by atoms with van der Waals surface area (Å²) in [5.41, 5.74) is 7.28. The number of anilines is 1. The third-order valence-corrected chi connectivity index (χ3v) is 4.48. The van der Waals surface area contributed by atoms with Gasteiger partial charge in [0, 0.05) is 23.4 Å². The molecule has 4 N–H and O–H groups in total. The number of benzene rings is 1. The van der Waals surface area contributed by atoms with Gasteiger partial charge in [0.15, 0.2) is 5.58 Å². The zero-order valence-corrected chi connectivity index (χ0v) is 13.4. The number of nitrogens with zero attached hydrogens (tertiary/aromatic N) is 2. The van der Waals surface area contributed by atoms with Crippen LogP contribution in [0.2, 0.25) is 0 Å². The molecule has 0 atom stereocenters. The molecule has 8 nitrogen and oxygen atoms in total. The second-order valence-corrected chi connectivity index (χ2v) is 6.29. The molecular formula is C17H17N5O3. The van der Waals surface area contributed by atoms with E-state index < -0.39 is 0 Å². The van der Waals surface area contributed by atoms with E-state index in [1.807, 2.05) is 24.3 Å². The number of carbonyl (C=O) groups is 1. The Morgan fingerprint density at radius 2 is 2.16 bits per heavy atom. The molecule has 2 aromatic heterocycles. The molecule has 0 bridgehead atoms. The predicted molar refractivity (Wildman–Crippen MR) is 90.9 cm³/mol. The molecule has 8 heteroatoms. The number of H-pyrrole nitrogens is 1. The number of aromatic nitrogens is 3. The van der Waals surface area contributed by atoms with Crippen LogP contribution >= 0.6 is 0 Å². The Morgan fingerprint density at radius 3 is 2.96 bits per heavy atom. The molecule has 3 aromatic rings. The summed E-state index contributed by atoms with van der Waals surface area (Å²) in [5.74, 6) is 0.163. The lowest BCUT2D eigenvalue weighted by Gasteiger charge is -2.35. The molecule has 0 saturated heterocycles. The third-order valence-electron chi connectivity index (χ3n) is 4.48. The summed E-state index contributed by atoms with van der Waals surface area (Å²) < 4.78 is 5.21. The van der Waals surface area contributed by atoms with Gasteiger partial charge in [0.1, 0.15) is 5.69 Å². The van der Waals surface area contributed by atoms with Gasteiger partial charge in [0.05, 0.1) is 12.1 Å². The number of hydrogen-bond acceptors (Lipinski definition) is 6.